The van der Waals surface area contributed by atoms with Crippen molar-refractivity contribution in [2.75, 3.05) is 13.1 Å². The molecule has 140 valence electrons. The number of hydrogen-bond donors (Lipinski definition) is 1. The fourth-order valence-corrected chi connectivity index (χ4v) is 3.99. The smallest absolute Gasteiger partial charge is 0.258 e. The lowest BCUT2D eigenvalue weighted by atomic mass is 9.98. The number of nitrogens with zero attached hydrogens (tertiary/aromatic N) is 3. The van der Waals surface area contributed by atoms with Crippen LogP contribution in [0.5, 0.6) is 0 Å². The van der Waals surface area contributed by atoms with Gasteiger partial charge in [0.1, 0.15) is 0 Å². The Bertz CT molecular complexity index is 1250. The quantitative estimate of drug-likeness (QED) is 0.571. The van der Waals surface area contributed by atoms with E-state index in [1.54, 1.807) is 0 Å². The van der Waals surface area contributed by atoms with E-state index in [0.717, 1.165) is 17.6 Å². The molecule has 0 fully saturated rings. The van der Waals surface area contributed by atoms with E-state index in [4.69, 9.17) is 4.52 Å². The average Bonchev–Trinajstić information content (AvgIpc) is 3.31. The number of aromatic amines is 1. The van der Waals surface area contributed by atoms with Crippen LogP contribution in [0.1, 0.15) is 33.7 Å². The van der Waals surface area contributed by atoms with E-state index in [9.17, 15) is 4.79 Å². The number of para-hydroxylation sites is 1. The summed E-state index contributed by atoms with van der Waals surface area (Å²) in [5.41, 5.74) is 6.11. The first-order chi connectivity index (χ1) is 13.6. The second-order valence-corrected chi connectivity index (χ2v) is 7.24. The lowest BCUT2D eigenvalue weighted by Gasteiger charge is -2.27. The third-order valence-electron chi connectivity index (χ3n) is 5.41. The number of hydrogen-bond acceptors (Lipinski definition) is 4. The zero-order valence-electron chi connectivity index (χ0n) is 15.8. The van der Waals surface area contributed by atoms with Gasteiger partial charge in [0.15, 0.2) is 0 Å². The zero-order chi connectivity index (χ0) is 19.3. The third-order valence-corrected chi connectivity index (χ3v) is 5.41. The maximum Gasteiger partial charge on any atom is 0.258 e. The molecule has 0 radical (unpaired) electrons. The molecule has 1 N–H and O–H groups in total. The number of nitrogens with one attached hydrogen (secondary N) is 1. The monoisotopic (exact) mass is 372 g/mol. The van der Waals surface area contributed by atoms with Crippen molar-refractivity contribution in [1.29, 1.82) is 0 Å². The zero-order valence-corrected chi connectivity index (χ0v) is 15.8. The van der Waals surface area contributed by atoms with Gasteiger partial charge in [-0.1, -0.05) is 29.4 Å². The van der Waals surface area contributed by atoms with Crippen molar-refractivity contribution in [2.45, 2.75) is 20.3 Å². The number of H-pyrrole nitrogens is 1. The summed E-state index contributed by atoms with van der Waals surface area (Å²) in [5, 5.41) is 5.91. The molecule has 5 rings (SSSR count). The van der Waals surface area contributed by atoms with Crippen molar-refractivity contribution in [1.82, 2.24) is 20.0 Å². The third kappa shape index (κ3) is 2.60. The van der Waals surface area contributed by atoms with Crippen LogP contribution in [0.2, 0.25) is 0 Å². The van der Waals surface area contributed by atoms with Crippen LogP contribution in [0.3, 0.4) is 0 Å². The maximum absolute atomic E-state index is 13.2. The molecule has 28 heavy (non-hydrogen) atoms. The maximum atomic E-state index is 13.2. The van der Waals surface area contributed by atoms with Crippen molar-refractivity contribution >= 4 is 33.5 Å². The van der Waals surface area contributed by atoms with Gasteiger partial charge >= 0.3 is 0 Å². The van der Waals surface area contributed by atoms with Crippen molar-refractivity contribution in [3.8, 4) is 0 Å². The molecule has 0 aliphatic carbocycles. The van der Waals surface area contributed by atoms with Gasteiger partial charge in [-0.3, -0.25) is 4.79 Å². The van der Waals surface area contributed by atoms with Gasteiger partial charge in [-0.15, -0.1) is 0 Å². The first-order valence-electron chi connectivity index (χ1n) is 9.40. The summed E-state index contributed by atoms with van der Waals surface area (Å²) in [7, 11) is 0. The highest BCUT2D eigenvalue weighted by Crippen LogP contribution is 2.30. The van der Waals surface area contributed by atoms with Gasteiger partial charge in [0.25, 0.3) is 11.6 Å². The number of fused-ring (bicyclic) bond motifs is 2. The average molecular weight is 372 g/mol. The molecular formula is C22H20N4O2. The van der Waals surface area contributed by atoms with Crippen LogP contribution >= 0.6 is 0 Å². The van der Waals surface area contributed by atoms with Crippen molar-refractivity contribution in [3.63, 3.8) is 0 Å². The summed E-state index contributed by atoms with van der Waals surface area (Å²) in [6.07, 6.45) is 5.04. The molecule has 1 aliphatic rings. The number of carbonyl (C=O) groups is 1. The molecule has 4 heterocycles. The molecule has 1 aromatic carbocycles. The van der Waals surface area contributed by atoms with Crippen LogP contribution in [0, 0.1) is 13.8 Å². The second kappa shape index (κ2) is 6.34. The normalized spacial score (nSPS) is 14.6. The summed E-state index contributed by atoms with van der Waals surface area (Å²) in [4.78, 5) is 22.8. The number of aryl methyl sites for hydroxylation is 2. The number of carbonyl (C=O) groups excluding carboxylic acids is 1. The minimum atomic E-state index is -0.00368. The molecule has 0 saturated heterocycles. The van der Waals surface area contributed by atoms with Gasteiger partial charge in [0.2, 0.25) is 0 Å². The second-order valence-electron chi connectivity index (χ2n) is 7.24. The Morgan fingerprint density at radius 1 is 1.25 bits per heavy atom. The van der Waals surface area contributed by atoms with Gasteiger partial charge in [0, 0.05) is 41.4 Å². The lowest BCUT2D eigenvalue weighted by molar-refractivity contribution is 0.0774. The predicted molar refractivity (Wildman–Crippen MR) is 108 cm³/mol. The number of benzene rings is 1. The van der Waals surface area contributed by atoms with E-state index in [1.807, 2.05) is 30.9 Å². The Morgan fingerprint density at radius 2 is 2.11 bits per heavy atom. The molecule has 0 bridgehead atoms. The van der Waals surface area contributed by atoms with Crippen molar-refractivity contribution in [3.05, 3.63) is 65.1 Å². The molecule has 0 saturated carbocycles. The Balaban J connectivity index is 1.45. The van der Waals surface area contributed by atoms with E-state index in [1.165, 1.54) is 16.5 Å². The number of amides is 1. The van der Waals surface area contributed by atoms with E-state index in [0.29, 0.717) is 35.4 Å². The predicted octanol–water partition coefficient (Wildman–Crippen LogP) is 4.25. The van der Waals surface area contributed by atoms with Crippen LogP contribution < -0.4 is 0 Å². The first-order valence-corrected chi connectivity index (χ1v) is 9.40. The van der Waals surface area contributed by atoms with E-state index in [-0.39, 0.29) is 5.91 Å². The Hall–Kier alpha value is -3.41. The molecule has 6 heteroatoms. The van der Waals surface area contributed by atoms with E-state index >= 15 is 0 Å². The minimum absolute atomic E-state index is 0.00368. The Morgan fingerprint density at radius 3 is 2.93 bits per heavy atom. The standard InChI is InChI=1S/C22H20N4O2/c1-13-11-17(20-14(2)25-28-21(20)24-13)22(27)26-9-7-15(8-10-26)18-12-23-19-6-4-3-5-16(18)19/h3-7,11-12,23H,8-10H2,1-2H3. The highest BCUT2D eigenvalue weighted by Gasteiger charge is 2.24. The minimum Gasteiger partial charge on any atom is -0.361 e. The van der Waals surface area contributed by atoms with E-state index < -0.39 is 0 Å². The number of aromatic nitrogens is 3. The topological polar surface area (TPSA) is 75.0 Å². The SMILES string of the molecule is Cc1cc(C(=O)N2CC=C(c3c[nH]c4ccccc34)CC2)c2c(C)noc2n1. The van der Waals surface area contributed by atoms with Gasteiger partial charge in [0.05, 0.1) is 16.6 Å². The highest BCUT2D eigenvalue weighted by atomic mass is 16.5. The summed E-state index contributed by atoms with van der Waals surface area (Å²) < 4.78 is 5.27. The van der Waals surface area contributed by atoms with E-state index in [2.05, 4.69) is 45.6 Å². The summed E-state index contributed by atoms with van der Waals surface area (Å²) in [6.45, 7) is 4.96. The highest BCUT2D eigenvalue weighted by molar-refractivity contribution is 6.06. The molecule has 0 atom stereocenters. The van der Waals surface area contributed by atoms with Crippen molar-refractivity contribution < 1.29 is 9.32 Å². The number of pyridine rings is 1. The lowest BCUT2D eigenvalue weighted by Crippen LogP contribution is -2.34. The summed E-state index contributed by atoms with van der Waals surface area (Å²) in [5.74, 6) is -0.00368. The van der Waals surface area contributed by atoms with Crippen LogP contribution in [-0.2, 0) is 0 Å². The Kier molecular flexibility index (Phi) is 3.79. The van der Waals surface area contributed by atoms with Gasteiger partial charge in [-0.05, 0) is 38.0 Å². The first kappa shape index (κ1) is 16.7. The number of rotatable bonds is 2. The van der Waals surface area contributed by atoms with Crippen molar-refractivity contribution in [2.24, 2.45) is 0 Å². The van der Waals surface area contributed by atoms with Gasteiger partial charge in [-0.25, -0.2) is 4.98 Å². The summed E-state index contributed by atoms with van der Waals surface area (Å²) >= 11 is 0. The molecule has 3 aromatic heterocycles. The van der Waals surface area contributed by atoms with Crippen LogP contribution in [0.4, 0.5) is 0 Å². The van der Waals surface area contributed by atoms with Crippen LogP contribution in [0.25, 0.3) is 27.6 Å². The fraction of sp³-hybridized carbons (Fsp3) is 0.227. The molecule has 0 spiro atoms. The van der Waals surface area contributed by atoms with Crippen LogP contribution in [-0.4, -0.2) is 39.0 Å². The summed E-state index contributed by atoms with van der Waals surface area (Å²) in [6, 6.07) is 10.1. The molecule has 0 unspecified atom stereocenters. The van der Waals surface area contributed by atoms with Gasteiger partial charge in [-0.2, -0.15) is 0 Å². The molecule has 1 amide bonds. The molecule has 1 aliphatic heterocycles. The van der Waals surface area contributed by atoms with Gasteiger partial charge < -0.3 is 14.4 Å². The van der Waals surface area contributed by atoms with Crippen LogP contribution in [0.15, 0.2) is 47.1 Å². The fourth-order valence-electron chi connectivity index (χ4n) is 3.99. The molecular weight excluding hydrogens is 352 g/mol. The molecule has 6 nitrogen and oxygen atoms in total. The molecule has 4 aromatic rings. The Labute approximate surface area is 161 Å². The largest absolute Gasteiger partial charge is 0.361 e.